The van der Waals surface area contributed by atoms with Crippen molar-refractivity contribution in [3.8, 4) is 0 Å². The normalized spacial score (nSPS) is 31.7. The van der Waals surface area contributed by atoms with Gasteiger partial charge in [-0.3, -0.25) is 14.5 Å². The minimum Gasteiger partial charge on any atom is -0.477 e. The van der Waals surface area contributed by atoms with Crippen LogP contribution in [0.4, 0.5) is 9.52 Å². The molecule has 12 nitrogen and oxygen atoms in total. The van der Waals surface area contributed by atoms with E-state index in [0.29, 0.717) is 17.7 Å². The molecule has 0 aliphatic carbocycles. The molecule has 36 heavy (non-hydrogen) atoms. The van der Waals surface area contributed by atoms with Crippen molar-refractivity contribution >= 4 is 51.9 Å². The minimum absolute atomic E-state index is 0.0178. The number of nitrogen functional groups attached to an aromatic ring is 1. The lowest BCUT2D eigenvalue weighted by Crippen LogP contribution is -2.71. The zero-order chi connectivity index (χ0) is 25.7. The summed E-state index contributed by atoms with van der Waals surface area (Å²) in [5, 5.41) is 15.5. The second kappa shape index (κ2) is 9.27. The highest BCUT2D eigenvalue weighted by atomic mass is 32.2. The number of carboxylic acid groups (broad SMARTS) is 1. The number of amides is 2. The van der Waals surface area contributed by atoms with Crippen LogP contribution in [-0.4, -0.2) is 97.6 Å². The Morgan fingerprint density at radius 3 is 2.64 bits per heavy atom. The number of nitrogens with one attached hydrogen (secondary N) is 1. The highest BCUT2D eigenvalue weighted by Gasteiger charge is 2.56. The second-order valence-electron chi connectivity index (χ2n) is 9.98. The number of carboxylic acids is 1. The van der Waals surface area contributed by atoms with Gasteiger partial charge in [0.2, 0.25) is 11.5 Å². The number of halogens is 1. The molecule has 0 radical (unpaired) electrons. The lowest BCUT2D eigenvalue weighted by molar-refractivity contribution is -0.941. The molecule has 0 aromatic carbocycles. The summed E-state index contributed by atoms with van der Waals surface area (Å²) in [5.41, 5.74) is 6.30. The molecule has 5 aliphatic heterocycles. The van der Waals surface area contributed by atoms with Gasteiger partial charge in [0.1, 0.15) is 23.7 Å². The number of oxime groups is 1. The first-order valence-electron chi connectivity index (χ1n) is 11.6. The van der Waals surface area contributed by atoms with Gasteiger partial charge < -0.3 is 25.5 Å². The molecule has 5 aliphatic rings. The number of hydrogen-bond acceptors (Lipinski definition) is 10. The zero-order valence-corrected chi connectivity index (χ0v) is 21.2. The van der Waals surface area contributed by atoms with E-state index in [1.54, 1.807) is 0 Å². The zero-order valence-electron chi connectivity index (χ0n) is 19.6. The fourth-order valence-electron chi connectivity index (χ4n) is 5.49. The number of rotatable bonds is 8. The summed E-state index contributed by atoms with van der Waals surface area (Å²) >= 11 is 2.23. The third-order valence-corrected chi connectivity index (χ3v) is 9.59. The number of hydrogen-bond donors (Lipinski definition) is 3. The van der Waals surface area contributed by atoms with Gasteiger partial charge in [-0.2, -0.15) is 9.36 Å². The molecule has 15 heteroatoms. The molecule has 0 saturated carbocycles. The molecule has 1 aromatic heterocycles. The topological polar surface area (TPSA) is 160 Å². The number of alkyl halides is 1. The number of thioether (sulfide) groups is 1. The second-order valence-corrected chi connectivity index (χ2v) is 11.9. The first-order chi connectivity index (χ1) is 17.2. The van der Waals surface area contributed by atoms with Crippen LogP contribution in [0.5, 0.6) is 0 Å². The summed E-state index contributed by atoms with van der Waals surface area (Å²) in [6, 6.07) is -0.984. The third-order valence-electron chi connectivity index (χ3n) is 7.71. The first-order valence-corrected chi connectivity index (χ1v) is 13.4. The Morgan fingerprint density at radius 1 is 1.36 bits per heavy atom. The monoisotopic (exact) mass is 540 g/mol. The van der Waals surface area contributed by atoms with Crippen molar-refractivity contribution in [1.29, 1.82) is 0 Å². The molecule has 4 N–H and O–H groups in total. The number of aromatic nitrogens is 2. The predicted octanol–water partition coefficient (Wildman–Crippen LogP) is 0.527. The van der Waals surface area contributed by atoms with E-state index in [1.165, 1.54) is 16.7 Å². The standard InChI is InChI=1S/C21H26FN7O5S2/c1-21-2-5-29(6-3-21,7-4-21)8-11-9-35-18-13(17(31)28(18)14(11)19(32)33)24-16(30)12(26-34-10-22)15-25-20(23)36-27-15/h13,18H,2-10H2,1H3,(H3-,23,24,25,27,30,32,33)/p+1/b26-12-/t13-,18-,21?,29?/m1/s1. The van der Waals surface area contributed by atoms with Gasteiger partial charge in [-0.05, 0) is 5.41 Å². The third kappa shape index (κ3) is 4.32. The van der Waals surface area contributed by atoms with E-state index in [9.17, 15) is 23.9 Å². The van der Waals surface area contributed by atoms with Gasteiger partial charge in [-0.15, -0.1) is 11.8 Å². The lowest BCUT2D eigenvalue weighted by Gasteiger charge is -2.55. The Bertz CT molecular complexity index is 1150. The Balaban J connectivity index is 1.33. The molecule has 2 bridgehead atoms. The van der Waals surface area contributed by atoms with Gasteiger partial charge in [-0.25, -0.2) is 9.18 Å². The van der Waals surface area contributed by atoms with Crippen LogP contribution in [-0.2, 0) is 19.2 Å². The molecule has 1 aromatic rings. The molecular weight excluding hydrogens is 513 g/mol. The quantitative estimate of drug-likeness (QED) is 0.185. The smallest absolute Gasteiger partial charge is 0.352 e. The molecule has 2 amide bonds. The van der Waals surface area contributed by atoms with Gasteiger partial charge in [0.15, 0.2) is 5.13 Å². The van der Waals surface area contributed by atoms with Crippen LogP contribution in [0.3, 0.4) is 0 Å². The van der Waals surface area contributed by atoms with Crippen molar-refractivity contribution in [2.24, 2.45) is 10.6 Å². The molecule has 6 heterocycles. The number of nitrogens with zero attached hydrogens (tertiary/aromatic N) is 5. The molecule has 6 rings (SSSR count). The molecule has 194 valence electrons. The highest BCUT2D eigenvalue weighted by Crippen LogP contribution is 2.46. The molecule has 4 fully saturated rings. The maximum atomic E-state index is 13.1. The summed E-state index contributed by atoms with van der Waals surface area (Å²) in [7, 11) is 0. The predicted molar refractivity (Wildman–Crippen MR) is 129 cm³/mol. The summed E-state index contributed by atoms with van der Waals surface area (Å²) in [6.45, 7) is 4.73. The van der Waals surface area contributed by atoms with E-state index in [2.05, 4.69) is 31.6 Å². The van der Waals surface area contributed by atoms with E-state index in [4.69, 9.17) is 5.73 Å². The van der Waals surface area contributed by atoms with Crippen LogP contribution in [0.2, 0.25) is 0 Å². The van der Waals surface area contributed by atoms with Crippen molar-refractivity contribution in [3.05, 3.63) is 17.1 Å². The van der Waals surface area contributed by atoms with Crippen LogP contribution in [0.1, 0.15) is 32.0 Å². The van der Waals surface area contributed by atoms with Crippen molar-refractivity contribution < 1.29 is 33.2 Å². The van der Waals surface area contributed by atoms with Crippen molar-refractivity contribution in [2.75, 3.05) is 44.5 Å². The first kappa shape index (κ1) is 24.9. The van der Waals surface area contributed by atoms with E-state index >= 15 is 0 Å². The minimum atomic E-state index is -1.28. The number of quaternary nitrogens is 1. The summed E-state index contributed by atoms with van der Waals surface area (Å²) in [5.74, 6) is -2.24. The number of carbonyl (C=O) groups is 3. The maximum Gasteiger partial charge on any atom is 0.352 e. The highest BCUT2D eigenvalue weighted by molar-refractivity contribution is 8.00. The summed E-state index contributed by atoms with van der Waals surface area (Å²) in [6.07, 6.45) is 3.39. The fourth-order valence-corrected chi connectivity index (χ4v) is 7.26. The fraction of sp³-hybridized carbons (Fsp3) is 0.619. The SMILES string of the molecule is CC12CC[N+](CC3=C(C(=O)O)N4C(=O)[C@@H](NC(=O)/C(=N\OCF)c5nsc(N)n5)[C@H]4SC3)(CC1)CC2. The Labute approximate surface area is 214 Å². The van der Waals surface area contributed by atoms with Gasteiger partial charge in [-0.1, -0.05) is 12.1 Å². The van der Waals surface area contributed by atoms with Crippen molar-refractivity contribution in [1.82, 2.24) is 19.6 Å². The average Bonchev–Trinajstić information content (AvgIpc) is 3.29. The van der Waals surface area contributed by atoms with E-state index in [-0.39, 0.29) is 16.7 Å². The summed E-state index contributed by atoms with van der Waals surface area (Å²) < 4.78 is 17.3. The molecular formula is C21H27FN7O5S2+. The van der Waals surface area contributed by atoms with Gasteiger partial charge in [0, 0.05) is 42.1 Å². The largest absolute Gasteiger partial charge is 0.477 e. The number of nitrogens with two attached hydrogens (primary N) is 1. The van der Waals surface area contributed by atoms with Crippen molar-refractivity contribution in [3.63, 3.8) is 0 Å². The van der Waals surface area contributed by atoms with Crippen molar-refractivity contribution in [2.45, 2.75) is 37.6 Å². The van der Waals surface area contributed by atoms with E-state index < -0.39 is 41.8 Å². The van der Waals surface area contributed by atoms with Gasteiger partial charge in [0.25, 0.3) is 18.7 Å². The van der Waals surface area contributed by atoms with Crippen LogP contribution < -0.4 is 11.1 Å². The van der Waals surface area contributed by atoms with Crippen LogP contribution >= 0.6 is 23.3 Å². The molecule has 4 saturated heterocycles. The van der Waals surface area contributed by atoms with Crippen LogP contribution in [0, 0.1) is 5.41 Å². The van der Waals surface area contributed by atoms with Gasteiger partial charge >= 0.3 is 5.97 Å². The van der Waals surface area contributed by atoms with Gasteiger partial charge in [0.05, 0.1) is 19.6 Å². The number of anilines is 1. The number of fused-ring (bicyclic) bond motifs is 4. The number of β-lactam (4-membered cyclic amide) rings is 1. The van der Waals surface area contributed by atoms with E-state index in [1.807, 2.05) is 0 Å². The lowest BCUT2D eigenvalue weighted by atomic mass is 9.72. The number of piperidine rings is 3. The number of carbonyl (C=O) groups excluding carboxylic acids is 2. The molecule has 2 atom stereocenters. The molecule has 0 unspecified atom stereocenters. The Morgan fingerprint density at radius 2 is 2.06 bits per heavy atom. The van der Waals surface area contributed by atoms with Crippen LogP contribution in [0.15, 0.2) is 16.4 Å². The summed E-state index contributed by atoms with van der Waals surface area (Å²) in [4.78, 5) is 47.7. The Kier molecular flexibility index (Phi) is 6.41. The maximum absolute atomic E-state index is 13.1. The number of aliphatic carboxylic acids is 1. The van der Waals surface area contributed by atoms with Crippen LogP contribution in [0.25, 0.3) is 0 Å². The average molecular weight is 541 g/mol. The molecule has 0 spiro atoms. The Hall–Kier alpha value is -2.78. The van der Waals surface area contributed by atoms with E-state index in [0.717, 1.165) is 60.5 Å².